The molecule has 82 valence electrons. The second-order valence-corrected chi connectivity index (χ2v) is 4.32. The Morgan fingerprint density at radius 2 is 2.27 bits per heavy atom. The molecule has 0 aromatic carbocycles. The maximum Gasteiger partial charge on any atom is 0.287 e. The quantitative estimate of drug-likeness (QED) is 0.809. The largest absolute Gasteiger partial charge is 0.459 e. The molecule has 0 radical (unpaired) electrons. The van der Waals surface area contributed by atoms with Crippen LogP contribution in [0.5, 0.6) is 0 Å². The summed E-state index contributed by atoms with van der Waals surface area (Å²) in [4.78, 5) is 11.7. The van der Waals surface area contributed by atoms with Crippen molar-refractivity contribution in [3.8, 4) is 0 Å². The van der Waals surface area contributed by atoms with E-state index in [9.17, 15) is 4.79 Å². The molecule has 0 aliphatic heterocycles. The summed E-state index contributed by atoms with van der Waals surface area (Å²) < 4.78 is 5.06. The van der Waals surface area contributed by atoms with Gasteiger partial charge in [0.15, 0.2) is 5.76 Å². The second-order valence-electron chi connectivity index (χ2n) is 4.32. The van der Waals surface area contributed by atoms with E-state index in [1.165, 1.54) is 25.5 Å². The average molecular weight is 207 g/mol. The Morgan fingerprint density at radius 1 is 1.47 bits per heavy atom. The Hall–Kier alpha value is -1.25. The SMILES string of the molecule is C[C@H]1CCCC[C@@H]1NC(=O)c1ccco1. The molecular weight excluding hydrogens is 190 g/mol. The minimum absolute atomic E-state index is 0.0845. The van der Waals surface area contributed by atoms with Gasteiger partial charge in [0.2, 0.25) is 0 Å². The van der Waals surface area contributed by atoms with Crippen LogP contribution in [-0.2, 0) is 0 Å². The predicted molar refractivity (Wildman–Crippen MR) is 57.6 cm³/mol. The van der Waals surface area contributed by atoms with Crippen LogP contribution >= 0.6 is 0 Å². The Kier molecular flexibility index (Phi) is 3.09. The first-order valence-corrected chi connectivity index (χ1v) is 5.62. The summed E-state index contributed by atoms with van der Waals surface area (Å²) in [5, 5.41) is 3.04. The summed E-state index contributed by atoms with van der Waals surface area (Å²) in [6.07, 6.45) is 6.33. The molecule has 0 unspecified atom stereocenters. The Morgan fingerprint density at radius 3 is 2.93 bits per heavy atom. The highest BCUT2D eigenvalue weighted by molar-refractivity contribution is 5.91. The lowest BCUT2D eigenvalue weighted by Gasteiger charge is -2.29. The smallest absolute Gasteiger partial charge is 0.287 e. The number of amides is 1. The number of carbonyl (C=O) groups is 1. The minimum Gasteiger partial charge on any atom is -0.459 e. The van der Waals surface area contributed by atoms with Gasteiger partial charge in [-0.05, 0) is 30.9 Å². The lowest BCUT2D eigenvalue weighted by molar-refractivity contribution is 0.0882. The van der Waals surface area contributed by atoms with Crippen molar-refractivity contribution in [3.05, 3.63) is 24.2 Å². The van der Waals surface area contributed by atoms with E-state index < -0.39 is 0 Å². The van der Waals surface area contributed by atoms with Gasteiger partial charge in [-0.3, -0.25) is 4.79 Å². The van der Waals surface area contributed by atoms with Crippen LogP contribution in [0.2, 0.25) is 0 Å². The third kappa shape index (κ3) is 2.41. The first-order valence-electron chi connectivity index (χ1n) is 5.62. The lowest BCUT2D eigenvalue weighted by atomic mass is 9.86. The van der Waals surface area contributed by atoms with Crippen LogP contribution in [0.25, 0.3) is 0 Å². The molecule has 0 spiro atoms. The third-order valence-electron chi connectivity index (χ3n) is 3.17. The van der Waals surface area contributed by atoms with Crippen molar-refractivity contribution in [1.82, 2.24) is 5.32 Å². The number of rotatable bonds is 2. The molecule has 0 saturated heterocycles. The summed E-state index contributed by atoms with van der Waals surface area (Å²) in [7, 11) is 0. The summed E-state index contributed by atoms with van der Waals surface area (Å²) in [6, 6.07) is 3.75. The van der Waals surface area contributed by atoms with Crippen LogP contribution in [0.15, 0.2) is 22.8 Å². The Bertz CT molecular complexity index is 318. The van der Waals surface area contributed by atoms with Crippen LogP contribution in [0.4, 0.5) is 0 Å². The van der Waals surface area contributed by atoms with Gasteiger partial charge in [0.1, 0.15) is 0 Å². The Labute approximate surface area is 89.9 Å². The molecule has 1 aliphatic rings. The second kappa shape index (κ2) is 4.51. The lowest BCUT2D eigenvalue weighted by Crippen LogP contribution is -2.40. The fraction of sp³-hybridized carbons (Fsp3) is 0.583. The van der Waals surface area contributed by atoms with Gasteiger partial charge in [0, 0.05) is 6.04 Å². The third-order valence-corrected chi connectivity index (χ3v) is 3.17. The highest BCUT2D eigenvalue weighted by atomic mass is 16.3. The minimum atomic E-state index is -0.0845. The fourth-order valence-corrected chi connectivity index (χ4v) is 2.18. The highest BCUT2D eigenvalue weighted by Crippen LogP contribution is 2.23. The van der Waals surface area contributed by atoms with Crippen molar-refractivity contribution in [2.24, 2.45) is 5.92 Å². The normalized spacial score (nSPS) is 26.2. The van der Waals surface area contributed by atoms with Gasteiger partial charge in [0.25, 0.3) is 5.91 Å². The maximum atomic E-state index is 11.7. The van der Waals surface area contributed by atoms with E-state index in [0.29, 0.717) is 17.7 Å². The number of carbonyl (C=O) groups excluding carboxylic acids is 1. The van der Waals surface area contributed by atoms with E-state index in [0.717, 1.165) is 6.42 Å². The van der Waals surface area contributed by atoms with Crippen LogP contribution in [-0.4, -0.2) is 11.9 Å². The van der Waals surface area contributed by atoms with Gasteiger partial charge in [-0.15, -0.1) is 0 Å². The first-order chi connectivity index (χ1) is 7.27. The van der Waals surface area contributed by atoms with Gasteiger partial charge in [0.05, 0.1) is 6.26 Å². The summed E-state index contributed by atoms with van der Waals surface area (Å²) in [6.45, 7) is 2.20. The van der Waals surface area contributed by atoms with Gasteiger partial charge in [-0.1, -0.05) is 19.8 Å². The molecule has 2 atom stereocenters. The summed E-state index contributed by atoms with van der Waals surface area (Å²) >= 11 is 0. The zero-order valence-electron chi connectivity index (χ0n) is 9.03. The van der Waals surface area contributed by atoms with E-state index >= 15 is 0 Å². The van der Waals surface area contributed by atoms with Crippen molar-refractivity contribution < 1.29 is 9.21 Å². The van der Waals surface area contributed by atoms with Gasteiger partial charge >= 0.3 is 0 Å². The molecule has 3 heteroatoms. The molecule has 3 nitrogen and oxygen atoms in total. The molecule has 1 heterocycles. The molecule has 1 aromatic rings. The van der Waals surface area contributed by atoms with Gasteiger partial charge in [-0.2, -0.15) is 0 Å². The topological polar surface area (TPSA) is 42.2 Å². The van der Waals surface area contributed by atoms with Crippen LogP contribution in [0.1, 0.15) is 43.2 Å². The molecule has 2 rings (SSSR count). The van der Waals surface area contributed by atoms with Crippen molar-refractivity contribution in [2.45, 2.75) is 38.6 Å². The molecule has 1 saturated carbocycles. The first kappa shape index (κ1) is 10.3. The number of nitrogens with one attached hydrogen (secondary N) is 1. The molecule has 1 aromatic heterocycles. The molecule has 15 heavy (non-hydrogen) atoms. The van der Waals surface area contributed by atoms with Gasteiger partial charge in [-0.25, -0.2) is 0 Å². The number of hydrogen-bond donors (Lipinski definition) is 1. The standard InChI is InChI=1S/C12H17NO2/c1-9-5-2-3-6-10(9)13-12(14)11-7-4-8-15-11/h4,7-10H,2-3,5-6H2,1H3,(H,13,14)/t9-,10-/m0/s1. The van der Waals surface area contributed by atoms with Gasteiger partial charge < -0.3 is 9.73 Å². The number of furan rings is 1. The van der Waals surface area contributed by atoms with Crippen molar-refractivity contribution in [3.63, 3.8) is 0 Å². The Balaban J connectivity index is 1.93. The van der Waals surface area contributed by atoms with E-state index in [1.807, 2.05) is 0 Å². The highest BCUT2D eigenvalue weighted by Gasteiger charge is 2.23. The van der Waals surface area contributed by atoms with Crippen molar-refractivity contribution >= 4 is 5.91 Å². The van der Waals surface area contributed by atoms with Crippen molar-refractivity contribution in [1.29, 1.82) is 0 Å². The van der Waals surface area contributed by atoms with Crippen molar-refractivity contribution in [2.75, 3.05) is 0 Å². The van der Waals surface area contributed by atoms with E-state index in [4.69, 9.17) is 4.42 Å². The predicted octanol–water partition coefficient (Wildman–Crippen LogP) is 2.59. The van der Waals surface area contributed by atoms with E-state index in [1.54, 1.807) is 12.1 Å². The maximum absolute atomic E-state index is 11.7. The molecule has 1 N–H and O–H groups in total. The average Bonchev–Trinajstić information content (AvgIpc) is 2.74. The van der Waals surface area contributed by atoms with Crippen LogP contribution in [0, 0.1) is 5.92 Å². The molecule has 0 bridgehead atoms. The van der Waals surface area contributed by atoms with Crippen LogP contribution < -0.4 is 5.32 Å². The summed E-state index contributed by atoms with van der Waals surface area (Å²) in [5.41, 5.74) is 0. The number of hydrogen-bond acceptors (Lipinski definition) is 2. The molecule has 1 fully saturated rings. The molecule has 1 amide bonds. The zero-order valence-corrected chi connectivity index (χ0v) is 9.03. The molecule has 1 aliphatic carbocycles. The summed E-state index contributed by atoms with van der Waals surface area (Å²) in [5.74, 6) is 0.907. The fourth-order valence-electron chi connectivity index (χ4n) is 2.18. The van der Waals surface area contributed by atoms with E-state index in [2.05, 4.69) is 12.2 Å². The van der Waals surface area contributed by atoms with Crippen LogP contribution in [0.3, 0.4) is 0 Å². The monoisotopic (exact) mass is 207 g/mol. The van der Waals surface area contributed by atoms with E-state index in [-0.39, 0.29) is 5.91 Å². The molecular formula is C12H17NO2. The zero-order chi connectivity index (χ0) is 10.7.